The van der Waals surface area contributed by atoms with Gasteiger partial charge in [0.15, 0.2) is 5.82 Å². The second kappa shape index (κ2) is 4.69. The summed E-state index contributed by atoms with van der Waals surface area (Å²) in [6.07, 6.45) is 0. The summed E-state index contributed by atoms with van der Waals surface area (Å²) in [6, 6.07) is 3.18. The molecule has 2 aromatic rings. The molecule has 0 aliphatic rings. The minimum absolute atomic E-state index is 0.0753. The first kappa shape index (κ1) is 12.4. The molecule has 0 aliphatic carbocycles. The number of hydrogen-bond acceptors (Lipinski definition) is 4. The lowest BCUT2D eigenvalue weighted by molar-refractivity contribution is -0.384. The van der Waals surface area contributed by atoms with E-state index in [0.717, 1.165) is 18.2 Å². The predicted molar refractivity (Wildman–Crippen MR) is 62.6 cm³/mol. The van der Waals surface area contributed by atoms with Crippen LogP contribution in [0.4, 0.5) is 10.1 Å². The first-order chi connectivity index (χ1) is 8.54. The maximum Gasteiger partial charge on any atom is 0.280 e. The third kappa shape index (κ3) is 2.04. The number of benzene rings is 1. The van der Waals surface area contributed by atoms with Crippen LogP contribution in [0.1, 0.15) is 5.82 Å². The normalized spacial score (nSPS) is 10.6. The molecule has 0 unspecified atom stereocenters. The van der Waals surface area contributed by atoms with Gasteiger partial charge in [0.25, 0.3) is 5.69 Å². The maximum absolute atomic E-state index is 13.2. The molecule has 1 aromatic heterocycles. The number of aromatic nitrogens is 3. The van der Waals surface area contributed by atoms with Gasteiger partial charge in [-0.25, -0.2) is 4.39 Å². The quantitative estimate of drug-likeness (QED) is 0.487. The zero-order valence-corrected chi connectivity index (χ0v) is 10.1. The van der Waals surface area contributed by atoms with E-state index < -0.39 is 10.7 Å². The number of halogens is 2. The van der Waals surface area contributed by atoms with Crippen LogP contribution in [0, 0.1) is 15.9 Å². The van der Waals surface area contributed by atoms with E-state index >= 15 is 0 Å². The highest BCUT2D eigenvalue weighted by Gasteiger charge is 2.21. The Kier molecular flexibility index (Phi) is 3.24. The van der Waals surface area contributed by atoms with Crippen LogP contribution in [0.5, 0.6) is 0 Å². The van der Waals surface area contributed by atoms with Gasteiger partial charge in [-0.3, -0.25) is 10.1 Å². The molecule has 0 aliphatic heterocycles. The Bertz CT molecular complexity index is 614. The molecule has 2 rings (SSSR count). The van der Waals surface area contributed by atoms with Gasteiger partial charge < -0.3 is 4.57 Å². The molecule has 18 heavy (non-hydrogen) atoms. The molecule has 8 heteroatoms. The Morgan fingerprint density at radius 1 is 1.50 bits per heavy atom. The van der Waals surface area contributed by atoms with E-state index in [1.807, 2.05) is 0 Å². The van der Waals surface area contributed by atoms with Crippen molar-refractivity contribution in [3.05, 3.63) is 40.0 Å². The van der Waals surface area contributed by atoms with Crippen molar-refractivity contribution in [3.63, 3.8) is 0 Å². The molecule has 0 saturated carbocycles. The Balaban J connectivity index is 2.65. The Morgan fingerprint density at radius 2 is 2.22 bits per heavy atom. The third-order valence-corrected chi connectivity index (χ3v) is 2.72. The van der Waals surface area contributed by atoms with Crippen LogP contribution in [-0.4, -0.2) is 19.7 Å². The minimum atomic E-state index is -0.593. The molecule has 0 atom stereocenters. The summed E-state index contributed by atoms with van der Waals surface area (Å²) < 4.78 is 14.7. The van der Waals surface area contributed by atoms with E-state index in [4.69, 9.17) is 11.6 Å². The van der Waals surface area contributed by atoms with Crippen molar-refractivity contribution in [1.29, 1.82) is 0 Å². The second-order valence-electron chi connectivity index (χ2n) is 3.55. The van der Waals surface area contributed by atoms with E-state index in [2.05, 4.69) is 10.2 Å². The van der Waals surface area contributed by atoms with Gasteiger partial charge >= 0.3 is 0 Å². The largest absolute Gasteiger partial charge is 0.313 e. The van der Waals surface area contributed by atoms with Gasteiger partial charge in [0, 0.05) is 13.1 Å². The number of nitrogens with zero attached hydrogens (tertiary/aromatic N) is 4. The summed E-state index contributed by atoms with van der Waals surface area (Å²) in [5.41, 5.74) is -0.153. The van der Waals surface area contributed by atoms with Crippen LogP contribution in [0.15, 0.2) is 18.2 Å². The standard InChI is InChI=1S/C10H8ClFN4O2/c1-15-9(5-11)13-14-10(15)7-4-6(12)2-3-8(7)16(17)18/h2-4H,5H2,1H3. The molecule has 0 bridgehead atoms. The zero-order chi connectivity index (χ0) is 13.3. The molecule has 0 radical (unpaired) electrons. The van der Waals surface area contributed by atoms with Gasteiger partial charge in [-0.1, -0.05) is 0 Å². The molecule has 6 nitrogen and oxygen atoms in total. The van der Waals surface area contributed by atoms with Gasteiger partial charge in [-0.05, 0) is 12.1 Å². The van der Waals surface area contributed by atoms with E-state index in [1.54, 1.807) is 7.05 Å². The SMILES string of the molecule is Cn1c(CCl)nnc1-c1cc(F)ccc1[N+](=O)[O-]. The summed E-state index contributed by atoms with van der Waals surface area (Å²) in [7, 11) is 1.61. The van der Waals surface area contributed by atoms with Crippen molar-refractivity contribution in [2.45, 2.75) is 5.88 Å². The molecule has 0 amide bonds. The first-order valence-electron chi connectivity index (χ1n) is 4.93. The number of nitro groups is 1. The van der Waals surface area contributed by atoms with Gasteiger partial charge in [-0.2, -0.15) is 0 Å². The van der Waals surface area contributed by atoms with E-state index in [1.165, 1.54) is 4.57 Å². The minimum Gasteiger partial charge on any atom is -0.313 e. The van der Waals surface area contributed by atoms with Crippen LogP contribution >= 0.6 is 11.6 Å². The second-order valence-corrected chi connectivity index (χ2v) is 3.82. The first-order valence-corrected chi connectivity index (χ1v) is 5.46. The van der Waals surface area contributed by atoms with Crippen LogP contribution in [0.2, 0.25) is 0 Å². The number of rotatable bonds is 3. The molecule has 0 saturated heterocycles. The molecular formula is C10H8ClFN4O2. The maximum atomic E-state index is 13.2. The molecular weight excluding hydrogens is 263 g/mol. The van der Waals surface area contributed by atoms with Crippen molar-refractivity contribution in [2.75, 3.05) is 0 Å². The van der Waals surface area contributed by atoms with Crippen molar-refractivity contribution in [2.24, 2.45) is 7.05 Å². The van der Waals surface area contributed by atoms with Crippen molar-refractivity contribution < 1.29 is 9.31 Å². The van der Waals surface area contributed by atoms with Crippen molar-refractivity contribution in [3.8, 4) is 11.4 Å². The lowest BCUT2D eigenvalue weighted by Crippen LogP contribution is -2.00. The number of nitro benzene ring substituents is 1. The average molecular weight is 271 g/mol. The van der Waals surface area contributed by atoms with E-state index in [0.29, 0.717) is 5.82 Å². The smallest absolute Gasteiger partial charge is 0.280 e. The van der Waals surface area contributed by atoms with E-state index in [9.17, 15) is 14.5 Å². The fourth-order valence-corrected chi connectivity index (χ4v) is 1.79. The highest BCUT2D eigenvalue weighted by molar-refractivity contribution is 6.16. The highest BCUT2D eigenvalue weighted by atomic mass is 35.5. The number of hydrogen-bond donors (Lipinski definition) is 0. The highest BCUT2D eigenvalue weighted by Crippen LogP contribution is 2.29. The van der Waals surface area contributed by atoms with Gasteiger partial charge in [-0.15, -0.1) is 21.8 Å². The van der Waals surface area contributed by atoms with Gasteiger partial charge in [0.2, 0.25) is 0 Å². The Labute approximate surface area is 106 Å². The summed E-state index contributed by atoms with van der Waals surface area (Å²) in [4.78, 5) is 10.3. The topological polar surface area (TPSA) is 73.8 Å². The van der Waals surface area contributed by atoms with Crippen LogP contribution in [0.25, 0.3) is 11.4 Å². The average Bonchev–Trinajstić information content (AvgIpc) is 2.69. The Morgan fingerprint density at radius 3 is 2.78 bits per heavy atom. The van der Waals surface area contributed by atoms with Crippen molar-refractivity contribution >= 4 is 17.3 Å². The lowest BCUT2D eigenvalue weighted by atomic mass is 10.1. The summed E-state index contributed by atoms with van der Waals surface area (Å²) in [5, 5.41) is 18.5. The van der Waals surface area contributed by atoms with Crippen LogP contribution in [0.3, 0.4) is 0 Å². The molecule has 94 valence electrons. The summed E-state index contributed by atoms with van der Waals surface area (Å²) in [5.74, 6) is 0.195. The molecule has 0 N–H and O–H groups in total. The Hall–Kier alpha value is -2.02. The lowest BCUT2D eigenvalue weighted by Gasteiger charge is -2.03. The van der Waals surface area contributed by atoms with Crippen LogP contribution in [-0.2, 0) is 12.9 Å². The molecule has 0 spiro atoms. The summed E-state index contributed by atoms with van der Waals surface area (Å²) >= 11 is 5.64. The summed E-state index contributed by atoms with van der Waals surface area (Å²) in [6.45, 7) is 0. The molecule has 0 fully saturated rings. The zero-order valence-electron chi connectivity index (χ0n) is 9.30. The molecule has 1 aromatic carbocycles. The predicted octanol–water partition coefficient (Wildman–Crippen LogP) is 2.27. The monoisotopic (exact) mass is 270 g/mol. The fraction of sp³-hybridized carbons (Fsp3) is 0.200. The number of alkyl halides is 1. The van der Waals surface area contributed by atoms with Crippen molar-refractivity contribution in [1.82, 2.24) is 14.8 Å². The van der Waals surface area contributed by atoms with E-state index in [-0.39, 0.29) is 23.0 Å². The van der Waals surface area contributed by atoms with Gasteiger partial charge in [0.05, 0.1) is 16.4 Å². The fourth-order valence-electron chi connectivity index (χ4n) is 1.56. The van der Waals surface area contributed by atoms with Crippen LogP contribution < -0.4 is 0 Å². The molecule has 1 heterocycles. The van der Waals surface area contributed by atoms with Gasteiger partial charge in [0.1, 0.15) is 11.6 Å². The third-order valence-electron chi connectivity index (χ3n) is 2.48.